The van der Waals surface area contributed by atoms with E-state index in [0.29, 0.717) is 36.1 Å². The highest BCUT2D eigenvalue weighted by atomic mass is 19.1. The molecule has 6 heteroatoms. The lowest BCUT2D eigenvalue weighted by Gasteiger charge is -2.51. The Bertz CT molecular complexity index is 1500. The number of aliphatic carboxylic acids is 1. The van der Waals surface area contributed by atoms with Crippen molar-refractivity contribution in [1.82, 2.24) is 0 Å². The number of carbonyl (C=O) groups is 1. The maximum Gasteiger partial charge on any atom is 0.307 e. The molecule has 41 heavy (non-hydrogen) atoms. The van der Waals surface area contributed by atoms with E-state index >= 15 is 8.78 Å². The quantitative estimate of drug-likeness (QED) is 0.314. The van der Waals surface area contributed by atoms with Gasteiger partial charge < -0.3 is 14.6 Å². The van der Waals surface area contributed by atoms with E-state index in [2.05, 4.69) is 19.9 Å². The number of hydrogen-bond acceptors (Lipinski definition) is 3. The Morgan fingerprint density at radius 2 is 1.80 bits per heavy atom. The van der Waals surface area contributed by atoms with Crippen LogP contribution in [0, 0.1) is 23.0 Å². The number of aryl methyl sites for hydroxylation is 1. The monoisotopic (exact) mass is 560 g/mol. The predicted octanol–water partition coefficient (Wildman–Crippen LogP) is 8.58. The standard InChI is InChI=1S/C35H38F2O4/c1-34(2)15-5-7-27(34)25-18-21(8-11-24(25)26-19-23(40-3)10-12-29(26)36)20-41-30-13-9-22-6-4-16-35(31(22)32(30)37)17-14-28(35)33(38)39/h8-13,18-19,27-28H,4-7,14-17,20H2,1-3H3,(H,38,39). The van der Waals surface area contributed by atoms with Crippen molar-refractivity contribution in [2.75, 3.05) is 7.11 Å². The number of carboxylic acid groups (broad SMARTS) is 1. The average Bonchev–Trinajstić information content (AvgIpc) is 3.30. The van der Waals surface area contributed by atoms with Gasteiger partial charge in [-0.25, -0.2) is 8.78 Å². The number of benzene rings is 3. The molecule has 3 atom stereocenters. The zero-order chi connectivity index (χ0) is 28.9. The van der Waals surface area contributed by atoms with Crippen LogP contribution in [0.2, 0.25) is 0 Å². The molecule has 6 rings (SSSR count). The topological polar surface area (TPSA) is 55.8 Å². The fourth-order valence-electron chi connectivity index (χ4n) is 7.91. The number of ether oxygens (including phenoxy) is 2. The SMILES string of the molecule is COc1ccc(F)c(-c2ccc(COc3ccc4c(c3F)C3(CCC4)CCC3C(=O)O)cc2C2CCCC2(C)C)c1. The number of carboxylic acids is 1. The maximum atomic E-state index is 16.1. The number of fused-ring (bicyclic) bond motifs is 2. The van der Waals surface area contributed by atoms with Gasteiger partial charge in [0.2, 0.25) is 0 Å². The van der Waals surface area contributed by atoms with Crippen LogP contribution in [0.15, 0.2) is 48.5 Å². The summed E-state index contributed by atoms with van der Waals surface area (Å²) in [4.78, 5) is 12.0. The minimum atomic E-state index is -0.843. The molecule has 3 aliphatic carbocycles. The zero-order valence-electron chi connectivity index (χ0n) is 24.1. The number of hydrogen-bond donors (Lipinski definition) is 1. The van der Waals surface area contributed by atoms with E-state index in [1.807, 2.05) is 18.2 Å². The van der Waals surface area contributed by atoms with Crippen LogP contribution in [0.4, 0.5) is 8.78 Å². The van der Waals surface area contributed by atoms with Crippen molar-refractivity contribution in [2.45, 2.75) is 83.2 Å². The first-order valence-corrected chi connectivity index (χ1v) is 14.8. The summed E-state index contributed by atoms with van der Waals surface area (Å²) < 4.78 is 42.7. The van der Waals surface area contributed by atoms with Gasteiger partial charge in [0, 0.05) is 16.5 Å². The summed E-state index contributed by atoms with van der Waals surface area (Å²) in [7, 11) is 1.58. The molecule has 1 spiro atoms. The van der Waals surface area contributed by atoms with Gasteiger partial charge in [-0.05, 0) is 103 Å². The maximum absolute atomic E-state index is 16.1. The van der Waals surface area contributed by atoms with Gasteiger partial charge in [-0.15, -0.1) is 0 Å². The molecule has 3 aromatic rings. The normalized spacial score (nSPS) is 24.5. The number of rotatable bonds is 7. The van der Waals surface area contributed by atoms with E-state index in [9.17, 15) is 9.90 Å². The summed E-state index contributed by atoms with van der Waals surface area (Å²) in [5.74, 6) is -1.10. The van der Waals surface area contributed by atoms with Gasteiger partial charge in [0.15, 0.2) is 11.6 Å². The van der Waals surface area contributed by atoms with Gasteiger partial charge in [0.1, 0.15) is 18.2 Å². The Balaban J connectivity index is 1.34. The van der Waals surface area contributed by atoms with Crippen molar-refractivity contribution in [3.8, 4) is 22.6 Å². The fourth-order valence-corrected chi connectivity index (χ4v) is 7.91. The second kappa shape index (κ2) is 10.5. The molecule has 2 saturated carbocycles. The molecular formula is C35H38F2O4. The molecule has 3 aliphatic rings. The van der Waals surface area contributed by atoms with Crippen LogP contribution in [0.3, 0.4) is 0 Å². The highest BCUT2D eigenvalue weighted by Crippen LogP contribution is 2.57. The van der Waals surface area contributed by atoms with E-state index in [1.54, 1.807) is 25.3 Å². The first-order chi connectivity index (χ1) is 19.6. The van der Waals surface area contributed by atoms with Crippen LogP contribution >= 0.6 is 0 Å². The summed E-state index contributed by atoms with van der Waals surface area (Å²) in [5, 5.41) is 9.81. The van der Waals surface area contributed by atoms with Crippen molar-refractivity contribution in [3.63, 3.8) is 0 Å². The van der Waals surface area contributed by atoms with Crippen LogP contribution in [-0.4, -0.2) is 18.2 Å². The molecule has 0 aliphatic heterocycles. The highest BCUT2D eigenvalue weighted by Gasteiger charge is 2.55. The minimum absolute atomic E-state index is 0.0615. The molecule has 0 saturated heterocycles. The zero-order valence-corrected chi connectivity index (χ0v) is 24.1. The van der Waals surface area contributed by atoms with Crippen LogP contribution in [0.25, 0.3) is 11.1 Å². The van der Waals surface area contributed by atoms with Crippen molar-refractivity contribution in [1.29, 1.82) is 0 Å². The molecule has 0 radical (unpaired) electrons. The lowest BCUT2D eigenvalue weighted by molar-refractivity contribution is -0.150. The van der Waals surface area contributed by atoms with E-state index in [0.717, 1.165) is 54.4 Å². The van der Waals surface area contributed by atoms with Gasteiger partial charge in [-0.3, -0.25) is 4.79 Å². The first kappa shape index (κ1) is 27.7. The minimum Gasteiger partial charge on any atom is -0.497 e. The van der Waals surface area contributed by atoms with Gasteiger partial charge in [-0.2, -0.15) is 0 Å². The molecule has 3 unspecified atom stereocenters. The van der Waals surface area contributed by atoms with Gasteiger partial charge in [0.25, 0.3) is 0 Å². The average molecular weight is 561 g/mol. The molecule has 0 heterocycles. The number of methoxy groups -OCH3 is 1. The second-order valence-electron chi connectivity index (χ2n) is 12.8. The Morgan fingerprint density at radius 3 is 2.49 bits per heavy atom. The molecule has 216 valence electrons. The number of halogens is 2. The Morgan fingerprint density at radius 1 is 0.976 bits per heavy atom. The fraction of sp³-hybridized carbons (Fsp3) is 0.457. The molecule has 1 N–H and O–H groups in total. The Hall–Kier alpha value is -3.41. The third-order valence-electron chi connectivity index (χ3n) is 10.2. The molecule has 4 nitrogen and oxygen atoms in total. The Kier molecular flexibility index (Phi) is 7.07. The lowest BCUT2D eigenvalue weighted by Crippen LogP contribution is -2.51. The lowest BCUT2D eigenvalue weighted by atomic mass is 9.52. The van der Waals surface area contributed by atoms with Crippen molar-refractivity contribution in [3.05, 3.63) is 82.4 Å². The van der Waals surface area contributed by atoms with Gasteiger partial charge in [-0.1, -0.05) is 44.5 Å². The summed E-state index contributed by atoms with van der Waals surface area (Å²) >= 11 is 0. The second-order valence-corrected chi connectivity index (χ2v) is 12.8. The van der Waals surface area contributed by atoms with E-state index in [1.165, 1.54) is 6.07 Å². The first-order valence-electron chi connectivity index (χ1n) is 14.8. The third-order valence-corrected chi connectivity index (χ3v) is 10.2. The summed E-state index contributed by atoms with van der Waals surface area (Å²) in [6.07, 6.45) is 6.82. The summed E-state index contributed by atoms with van der Waals surface area (Å²) in [6.45, 7) is 4.69. The van der Waals surface area contributed by atoms with Gasteiger partial charge in [0.05, 0.1) is 13.0 Å². The van der Waals surface area contributed by atoms with E-state index in [-0.39, 0.29) is 29.5 Å². The van der Waals surface area contributed by atoms with Crippen molar-refractivity contribution >= 4 is 5.97 Å². The van der Waals surface area contributed by atoms with Crippen LogP contribution in [0.1, 0.15) is 87.0 Å². The molecule has 3 aromatic carbocycles. The Labute approximate surface area is 240 Å². The molecule has 0 bridgehead atoms. The largest absolute Gasteiger partial charge is 0.497 e. The van der Waals surface area contributed by atoms with E-state index < -0.39 is 23.1 Å². The summed E-state index contributed by atoms with van der Waals surface area (Å²) in [6, 6.07) is 14.4. The van der Waals surface area contributed by atoms with Crippen LogP contribution in [-0.2, 0) is 23.2 Å². The van der Waals surface area contributed by atoms with Crippen molar-refractivity contribution < 1.29 is 28.2 Å². The van der Waals surface area contributed by atoms with Gasteiger partial charge >= 0.3 is 5.97 Å². The van der Waals surface area contributed by atoms with E-state index in [4.69, 9.17) is 9.47 Å². The predicted molar refractivity (Wildman–Crippen MR) is 154 cm³/mol. The molecule has 0 aromatic heterocycles. The van der Waals surface area contributed by atoms with Crippen LogP contribution < -0.4 is 9.47 Å². The molecule has 0 amide bonds. The third kappa shape index (κ3) is 4.69. The molecular weight excluding hydrogens is 522 g/mol. The highest BCUT2D eigenvalue weighted by molar-refractivity contribution is 5.75. The molecule has 2 fully saturated rings. The van der Waals surface area contributed by atoms with Crippen LogP contribution in [0.5, 0.6) is 11.5 Å². The van der Waals surface area contributed by atoms with Crippen molar-refractivity contribution in [2.24, 2.45) is 11.3 Å². The summed E-state index contributed by atoms with van der Waals surface area (Å²) in [5.41, 5.74) is 4.20. The smallest absolute Gasteiger partial charge is 0.307 e.